The predicted octanol–water partition coefficient (Wildman–Crippen LogP) is 0.126. The molecule has 1 heterocycles. The third kappa shape index (κ3) is 5.64. The van der Waals surface area contributed by atoms with Crippen LogP contribution in [0.15, 0.2) is 0 Å². The Morgan fingerprint density at radius 2 is 1.84 bits per heavy atom. The SMILES string of the molecule is COC(=O)CN1CCN(S(=O)(=O)CCCCCl)CC1. The van der Waals surface area contributed by atoms with Crippen LogP contribution in [-0.4, -0.2) is 75.1 Å². The minimum atomic E-state index is -3.18. The number of halogens is 1. The van der Waals surface area contributed by atoms with Gasteiger partial charge in [0, 0.05) is 32.1 Å². The monoisotopic (exact) mass is 312 g/mol. The molecule has 0 radical (unpaired) electrons. The van der Waals surface area contributed by atoms with Gasteiger partial charge in [-0.1, -0.05) is 0 Å². The van der Waals surface area contributed by atoms with Gasteiger partial charge in [-0.25, -0.2) is 8.42 Å². The molecule has 0 bridgehead atoms. The van der Waals surface area contributed by atoms with Gasteiger partial charge in [0.1, 0.15) is 0 Å². The van der Waals surface area contributed by atoms with Gasteiger partial charge in [0.2, 0.25) is 10.0 Å². The van der Waals surface area contributed by atoms with Gasteiger partial charge in [0.15, 0.2) is 0 Å². The zero-order chi connectivity index (χ0) is 14.3. The Kier molecular flexibility index (Phi) is 7.06. The van der Waals surface area contributed by atoms with Gasteiger partial charge in [-0.2, -0.15) is 4.31 Å². The molecule has 0 aromatic rings. The average molecular weight is 313 g/mol. The minimum Gasteiger partial charge on any atom is -0.468 e. The zero-order valence-electron chi connectivity index (χ0n) is 11.2. The van der Waals surface area contributed by atoms with Crippen LogP contribution in [0, 0.1) is 0 Å². The summed E-state index contributed by atoms with van der Waals surface area (Å²) in [6.07, 6.45) is 1.30. The predicted molar refractivity (Wildman–Crippen MR) is 73.8 cm³/mol. The fourth-order valence-corrected chi connectivity index (χ4v) is 3.66. The average Bonchev–Trinajstić information content (AvgIpc) is 2.39. The summed E-state index contributed by atoms with van der Waals surface area (Å²) < 4.78 is 30.1. The zero-order valence-corrected chi connectivity index (χ0v) is 12.8. The molecule has 1 saturated heterocycles. The smallest absolute Gasteiger partial charge is 0.319 e. The first-order valence-corrected chi connectivity index (χ1v) is 8.47. The Morgan fingerprint density at radius 3 is 2.37 bits per heavy atom. The first-order chi connectivity index (χ1) is 8.99. The van der Waals surface area contributed by atoms with E-state index in [1.807, 2.05) is 4.90 Å². The van der Waals surface area contributed by atoms with Crippen molar-refractivity contribution in [2.45, 2.75) is 12.8 Å². The van der Waals surface area contributed by atoms with Crippen molar-refractivity contribution in [1.82, 2.24) is 9.21 Å². The molecule has 0 aliphatic carbocycles. The number of piperazine rings is 1. The lowest BCUT2D eigenvalue weighted by Crippen LogP contribution is -2.50. The molecule has 6 nitrogen and oxygen atoms in total. The highest BCUT2D eigenvalue weighted by Crippen LogP contribution is 2.10. The van der Waals surface area contributed by atoms with Gasteiger partial charge in [0.05, 0.1) is 19.4 Å². The molecular weight excluding hydrogens is 292 g/mol. The second kappa shape index (κ2) is 8.04. The molecule has 1 aliphatic heterocycles. The molecule has 112 valence electrons. The number of hydrogen-bond acceptors (Lipinski definition) is 5. The fourth-order valence-electron chi connectivity index (χ4n) is 1.92. The van der Waals surface area contributed by atoms with Gasteiger partial charge >= 0.3 is 5.97 Å². The van der Waals surface area contributed by atoms with E-state index in [2.05, 4.69) is 4.74 Å². The van der Waals surface area contributed by atoms with Crippen LogP contribution in [0.2, 0.25) is 0 Å². The molecule has 0 unspecified atom stereocenters. The standard InChI is InChI=1S/C11H21ClN2O4S/c1-18-11(15)10-13-5-7-14(8-6-13)19(16,17)9-3-2-4-12/h2-10H2,1H3. The van der Waals surface area contributed by atoms with Crippen LogP contribution < -0.4 is 0 Å². The summed E-state index contributed by atoms with van der Waals surface area (Å²) in [4.78, 5) is 13.0. The van der Waals surface area contributed by atoms with Crippen molar-refractivity contribution in [3.05, 3.63) is 0 Å². The van der Waals surface area contributed by atoms with E-state index in [1.54, 1.807) is 0 Å². The summed E-state index contributed by atoms with van der Waals surface area (Å²) in [5, 5.41) is 0. The molecule has 0 aromatic heterocycles. The van der Waals surface area contributed by atoms with Gasteiger partial charge in [-0.05, 0) is 12.8 Å². The third-order valence-corrected chi connectivity index (χ3v) is 5.31. The quantitative estimate of drug-likeness (QED) is 0.380. The Morgan fingerprint density at radius 1 is 1.21 bits per heavy atom. The van der Waals surface area contributed by atoms with E-state index in [1.165, 1.54) is 11.4 Å². The number of methoxy groups -OCH3 is 1. The maximum atomic E-state index is 12.0. The van der Waals surface area contributed by atoms with Crippen molar-refractivity contribution in [3.63, 3.8) is 0 Å². The lowest BCUT2D eigenvalue weighted by molar-refractivity contribution is -0.142. The molecule has 0 saturated carbocycles. The Hall–Kier alpha value is -0.370. The van der Waals surface area contributed by atoms with E-state index in [9.17, 15) is 13.2 Å². The molecule has 0 amide bonds. The number of nitrogens with zero attached hydrogens (tertiary/aromatic N) is 2. The molecule has 19 heavy (non-hydrogen) atoms. The van der Waals surface area contributed by atoms with Gasteiger partial charge < -0.3 is 4.74 Å². The number of unbranched alkanes of at least 4 members (excludes halogenated alkanes) is 1. The van der Waals surface area contributed by atoms with Gasteiger partial charge in [-0.15, -0.1) is 11.6 Å². The Labute approximate surface area is 119 Å². The third-order valence-electron chi connectivity index (χ3n) is 3.09. The van der Waals surface area contributed by atoms with Crippen LogP contribution in [0.5, 0.6) is 0 Å². The number of rotatable bonds is 7. The van der Waals surface area contributed by atoms with Crippen molar-refractivity contribution in [2.24, 2.45) is 0 Å². The molecule has 0 N–H and O–H groups in total. The van der Waals surface area contributed by atoms with E-state index in [-0.39, 0.29) is 18.3 Å². The molecule has 1 aliphatic rings. The largest absolute Gasteiger partial charge is 0.468 e. The number of esters is 1. The number of alkyl halides is 1. The molecule has 1 rings (SSSR count). The van der Waals surface area contributed by atoms with Crippen LogP contribution in [0.3, 0.4) is 0 Å². The summed E-state index contributed by atoms with van der Waals surface area (Å²) in [6, 6.07) is 0. The fraction of sp³-hybridized carbons (Fsp3) is 0.909. The van der Waals surface area contributed by atoms with Crippen LogP contribution >= 0.6 is 11.6 Å². The minimum absolute atomic E-state index is 0.150. The lowest BCUT2D eigenvalue weighted by atomic mass is 10.3. The van der Waals surface area contributed by atoms with Crippen LogP contribution in [0.4, 0.5) is 0 Å². The maximum Gasteiger partial charge on any atom is 0.319 e. The van der Waals surface area contributed by atoms with Gasteiger partial charge in [0.25, 0.3) is 0 Å². The van der Waals surface area contributed by atoms with Crippen LogP contribution in [-0.2, 0) is 19.6 Å². The lowest BCUT2D eigenvalue weighted by Gasteiger charge is -2.33. The molecule has 8 heteroatoms. The second-order valence-corrected chi connectivity index (χ2v) is 6.93. The molecule has 1 fully saturated rings. The summed E-state index contributed by atoms with van der Waals surface area (Å²) in [5.74, 6) is 0.345. The molecule has 0 aromatic carbocycles. The molecule has 0 atom stereocenters. The van der Waals surface area contributed by atoms with E-state index in [4.69, 9.17) is 11.6 Å². The number of sulfonamides is 1. The van der Waals surface area contributed by atoms with Crippen molar-refractivity contribution in [1.29, 1.82) is 0 Å². The molecule has 0 spiro atoms. The number of hydrogen-bond donors (Lipinski definition) is 0. The maximum absolute atomic E-state index is 12.0. The first kappa shape index (κ1) is 16.7. The summed E-state index contributed by atoms with van der Waals surface area (Å²) >= 11 is 5.54. The van der Waals surface area contributed by atoms with Crippen molar-refractivity contribution in [3.8, 4) is 0 Å². The van der Waals surface area contributed by atoms with Crippen LogP contribution in [0.1, 0.15) is 12.8 Å². The van der Waals surface area contributed by atoms with Crippen molar-refractivity contribution >= 4 is 27.6 Å². The van der Waals surface area contributed by atoms with E-state index >= 15 is 0 Å². The Bertz CT molecular complexity index is 380. The highest BCUT2D eigenvalue weighted by atomic mass is 35.5. The van der Waals surface area contributed by atoms with E-state index < -0.39 is 10.0 Å². The highest BCUT2D eigenvalue weighted by Gasteiger charge is 2.27. The normalized spacial score (nSPS) is 18.4. The number of carbonyl (C=O) groups is 1. The van der Waals surface area contributed by atoms with E-state index in [0.29, 0.717) is 44.9 Å². The van der Waals surface area contributed by atoms with Crippen molar-refractivity contribution in [2.75, 3.05) is 51.5 Å². The summed E-state index contributed by atoms with van der Waals surface area (Å²) in [7, 11) is -1.83. The number of ether oxygens (including phenoxy) is 1. The Balaban J connectivity index is 2.38. The first-order valence-electron chi connectivity index (χ1n) is 6.32. The number of carbonyl (C=O) groups excluding carboxylic acids is 1. The highest BCUT2D eigenvalue weighted by molar-refractivity contribution is 7.89. The summed E-state index contributed by atoms with van der Waals surface area (Å²) in [6.45, 7) is 2.20. The van der Waals surface area contributed by atoms with E-state index in [0.717, 1.165) is 0 Å². The molecular formula is C11H21ClN2O4S. The van der Waals surface area contributed by atoms with Crippen molar-refractivity contribution < 1.29 is 17.9 Å². The van der Waals surface area contributed by atoms with Gasteiger partial charge in [-0.3, -0.25) is 9.69 Å². The van der Waals surface area contributed by atoms with Crippen LogP contribution in [0.25, 0.3) is 0 Å². The topological polar surface area (TPSA) is 66.9 Å². The summed E-state index contributed by atoms with van der Waals surface area (Å²) in [5.41, 5.74) is 0. The second-order valence-electron chi connectivity index (χ2n) is 4.46.